The van der Waals surface area contributed by atoms with Gasteiger partial charge in [-0.1, -0.05) is 12.1 Å². The fraction of sp³-hybridized carbons (Fsp3) is 0.444. The van der Waals surface area contributed by atoms with Crippen molar-refractivity contribution in [3.63, 3.8) is 0 Å². The van der Waals surface area contributed by atoms with Crippen LogP contribution in [0.5, 0.6) is 0 Å². The van der Waals surface area contributed by atoms with Crippen molar-refractivity contribution in [2.45, 2.75) is 26.1 Å². The number of hydrogen-bond donors (Lipinski definition) is 0. The molecule has 0 aliphatic carbocycles. The van der Waals surface area contributed by atoms with Gasteiger partial charge in [0, 0.05) is 13.1 Å². The topological polar surface area (TPSA) is 93.2 Å². The van der Waals surface area contributed by atoms with Crippen LogP contribution in [-0.4, -0.2) is 71.9 Å². The standard InChI is InChI=1S/C18H20N2O6/c1-11-7-19(8-12(2)26-11)15(21)10-25-16(22)9-20-17(23)13-5-3-4-6-14(13)18(20)24/h3-6,11-12H,7-10H2,1-2H3/t11-,12-/m0/s1. The lowest BCUT2D eigenvalue weighted by Gasteiger charge is -2.35. The molecule has 2 atom stereocenters. The summed E-state index contributed by atoms with van der Waals surface area (Å²) < 4.78 is 10.5. The Kier molecular flexibility index (Phi) is 5.03. The number of amides is 3. The van der Waals surface area contributed by atoms with Crippen molar-refractivity contribution in [1.82, 2.24) is 9.80 Å². The molecule has 0 spiro atoms. The van der Waals surface area contributed by atoms with Crippen LogP contribution in [0.2, 0.25) is 0 Å². The summed E-state index contributed by atoms with van der Waals surface area (Å²) in [6.07, 6.45) is -0.173. The smallest absolute Gasteiger partial charge is 0.326 e. The van der Waals surface area contributed by atoms with E-state index in [-0.39, 0.29) is 29.2 Å². The highest BCUT2D eigenvalue weighted by atomic mass is 16.5. The second kappa shape index (κ2) is 7.25. The van der Waals surface area contributed by atoms with E-state index in [1.54, 1.807) is 17.0 Å². The summed E-state index contributed by atoms with van der Waals surface area (Å²) in [5, 5.41) is 0. The minimum absolute atomic E-state index is 0.0863. The molecule has 0 saturated carbocycles. The van der Waals surface area contributed by atoms with Crippen LogP contribution < -0.4 is 0 Å². The maximum Gasteiger partial charge on any atom is 0.326 e. The Balaban J connectivity index is 1.53. The van der Waals surface area contributed by atoms with Gasteiger partial charge in [0.1, 0.15) is 6.54 Å². The number of nitrogens with zero attached hydrogens (tertiary/aromatic N) is 2. The van der Waals surface area contributed by atoms with E-state index >= 15 is 0 Å². The third kappa shape index (κ3) is 3.60. The van der Waals surface area contributed by atoms with Crippen LogP contribution >= 0.6 is 0 Å². The highest BCUT2D eigenvalue weighted by molar-refractivity contribution is 6.22. The van der Waals surface area contributed by atoms with Gasteiger partial charge in [-0.25, -0.2) is 0 Å². The molecule has 0 unspecified atom stereocenters. The molecule has 8 heteroatoms. The van der Waals surface area contributed by atoms with Gasteiger partial charge in [0.25, 0.3) is 17.7 Å². The zero-order chi connectivity index (χ0) is 18.8. The molecule has 0 N–H and O–H groups in total. The molecule has 1 saturated heterocycles. The Morgan fingerprint density at radius 3 is 2.15 bits per heavy atom. The van der Waals surface area contributed by atoms with Gasteiger partial charge in [-0.05, 0) is 26.0 Å². The lowest BCUT2D eigenvalue weighted by molar-refractivity contribution is -0.157. The SMILES string of the molecule is C[C@H]1CN(C(=O)COC(=O)CN2C(=O)c3ccccc3C2=O)C[C@H](C)O1. The summed E-state index contributed by atoms with van der Waals surface area (Å²) in [6.45, 7) is 3.64. The Hall–Kier alpha value is -2.74. The fourth-order valence-corrected chi connectivity index (χ4v) is 3.17. The Morgan fingerprint density at radius 1 is 1.08 bits per heavy atom. The molecule has 0 aromatic heterocycles. The quantitative estimate of drug-likeness (QED) is 0.572. The number of rotatable bonds is 4. The first-order valence-corrected chi connectivity index (χ1v) is 8.41. The number of hydrogen-bond acceptors (Lipinski definition) is 6. The van der Waals surface area contributed by atoms with E-state index in [9.17, 15) is 19.2 Å². The van der Waals surface area contributed by atoms with Crippen LogP contribution in [0.25, 0.3) is 0 Å². The fourth-order valence-electron chi connectivity index (χ4n) is 3.17. The number of benzene rings is 1. The van der Waals surface area contributed by atoms with Crippen molar-refractivity contribution in [1.29, 1.82) is 0 Å². The van der Waals surface area contributed by atoms with Gasteiger partial charge in [-0.2, -0.15) is 0 Å². The van der Waals surface area contributed by atoms with E-state index in [0.29, 0.717) is 13.1 Å². The maximum absolute atomic E-state index is 12.2. The van der Waals surface area contributed by atoms with Crippen molar-refractivity contribution in [2.24, 2.45) is 0 Å². The number of morpholine rings is 1. The number of ether oxygens (including phenoxy) is 2. The van der Waals surface area contributed by atoms with Gasteiger partial charge in [0.2, 0.25) is 0 Å². The lowest BCUT2D eigenvalue weighted by atomic mass is 10.1. The molecule has 8 nitrogen and oxygen atoms in total. The van der Waals surface area contributed by atoms with Crippen LogP contribution in [-0.2, 0) is 19.1 Å². The molecule has 0 radical (unpaired) electrons. The predicted octanol–water partition coefficient (Wildman–Crippen LogP) is 0.462. The Labute approximate surface area is 150 Å². The molecule has 2 aliphatic rings. The summed E-state index contributed by atoms with van der Waals surface area (Å²) in [4.78, 5) is 51.0. The third-order valence-corrected chi connectivity index (χ3v) is 4.29. The molecule has 1 fully saturated rings. The Morgan fingerprint density at radius 2 is 1.62 bits per heavy atom. The lowest BCUT2D eigenvalue weighted by Crippen LogP contribution is -2.49. The van der Waals surface area contributed by atoms with E-state index in [1.165, 1.54) is 12.1 Å². The van der Waals surface area contributed by atoms with Crippen LogP contribution in [0.3, 0.4) is 0 Å². The van der Waals surface area contributed by atoms with E-state index in [0.717, 1.165) is 4.90 Å². The van der Waals surface area contributed by atoms with E-state index < -0.39 is 30.9 Å². The molecule has 0 bridgehead atoms. The zero-order valence-electron chi connectivity index (χ0n) is 14.6. The van der Waals surface area contributed by atoms with E-state index in [4.69, 9.17) is 9.47 Å². The third-order valence-electron chi connectivity index (χ3n) is 4.29. The van der Waals surface area contributed by atoms with Gasteiger partial charge < -0.3 is 14.4 Å². The van der Waals surface area contributed by atoms with Gasteiger partial charge in [0.15, 0.2) is 6.61 Å². The Bertz CT molecular complexity index is 717. The molecule has 2 heterocycles. The summed E-state index contributed by atoms with van der Waals surface area (Å²) in [5.41, 5.74) is 0.523. The van der Waals surface area contributed by atoms with Crippen LogP contribution in [0.4, 0.5) is 0 Å². The second-order valence-corrected chi connectivity index (χ2v) is 6.46. The van der Waals surface area contributed by atoms with Crippen molar-refractivity contribution in [3.05, 3.63) is 35.4 Å². The molecule has 3 rings (SSSR count). The van der Waals surface area contributed by atoms with E-state index in [1.807, 2.05) is 13.8 Å². The number of fused-ring (bicyclic) bond motifs is 1. The second-order valence-electron chi connectivity index (χ2n) is 6.46. The first-order chi connectivity index (χ1) is 12.4. The first kappa shape index (κ1) is 18.1. The first-order valence-electron chi connectivity index (χ1n) is 8.41. The zero-order valence-corrected chi connectivity index (χ0v) is 14.6. The largest absolute Gasteiger partial charge is 0.454 e. The minimum atomic E-state index is -0.804. The van der Waals surface area contributed by atoms with Crippen molar-refractivity contribution < 1.29 is 28.7 Å². The average molecular weight is 360 g/mol. The van der Waals surface area contributed by atoms with Gasteiger partial charge >= 0.3 is 5.97 Å². The number of carbonyl (C=O) groups excluding carboxylic acids is 4. The van der Waals surface area contributed by atoms with E-state index in [2.05, 4.69) is 0 Å². The summed E-state index contributed by atoms with van der Waals surface area (Å²) in [7, 11) is 0. The summed E-state index contributed by atoms with van der Waals surface area (Å²) in [5.74, 6) is -2.21. The molecule has 1 aromatic rings. The van der Waals surface area contributed by atoms with Gasteiger partial charge in [-0.15, -0.1) is 0 Å². The number of carbonyl (C=O) groups is 4. The minimum Gasteiger partial charge on any atom is -0.454 e. The highest BCUT2D eigenvalue weighted by Gasteiger charge is 2.36. The van der Waals surface area contributed by atoms with Crippen LogP contribution in [0.1, 0.15) is 34.6 Å². The molecule has 138 valence electrons. The summed E-state index contributed by atoms with van der Waals surface area (Å²) in [6, 6.07) is 6.36. The highest BCUT2D eigenvalue weighted by Crippen LogP contribution is 2.22. The van der Waals surface area contributed by atoms with Crippen molar-refractivity contribution >= 4 is 23.7 Å². The summed E-state index contributed by atoms with van der Waals surface area (Å²) >= 11 is 0. The molecule has 3 amide bonds. The molecule has 26 heavy (non-hydrogen) atoms. The molecular weight excluding hydrogens is 340 g/mol. The van der Waals surface area contributed by atoms with Gasteiger partial charge in [-0.3, -0.25) is 24.1 Å². The van der Waals surface area contributed by atoms with Crippen LogP contribution in [0.15, 0.2) is 24.3 Å². The predicted molar refractivity (Wildman–Crippen MR) is 89.4 cm³/mol. The van der Waals surface area contributed by atoms with Crippen LogP contribution in [0, 0.1) is 0 Å². The molecular formula is C18H20N2O6. The maximum atomic E-state index is 12.2. The number of imide groups is 1. The monoisotopic (exact) mass is 360 g/mol. The van der Waals surface area contributed by atoms with Crippen molar-refractivity contribution in [3.8, 4) is 0 Å². The van der Waals surface area contributed by atoms with Crippen molar-refractivity contribution in [2.75, 3.05) is 26.2 Å². The number of esters is 1. The van der Waals surface area contributed by atoms with Gasteiger partial charge in [0.05, 0.1) is 23.3 Å². The molecule has 1 aromatic carbocycles. The molecule has 2 aliphatic heterocycles. The average Bonchev–Trinajstić information content (AvgIpc) is 2.84. The normalized spacial score (nSPS) is 22.4.